The van der Waals surface area contributed by atoms with Gasteiger partial charge in [-0.05, 0) is 33.6 Å². The molecule has 0 saturated heterocycles. The van der Waals surface area contributed by atoms with Crippen LogP contribution in [0, 0.1) is 11.8 Å². The van der Waals surface area contributed by atoms with Crippen molar-refractivity contribution in [2.45, 2.75) is 58.5 Å². The maximum atomic E-state index is 12.0. The minimum atomic E-state index is -0.872. The van der Waals surface area contributed by atoms with Crippen molar-refractivity contribution in [3.63, 3.8) is 0 Å². The average Bonchev–Trinajstić information content (AvgIpc) is 2.39. The molecule has 2 unspecified atom stereocenters. The van der Waals surface area contributed by atoms with Crippen LogP contribution in [0.4, 0.5) is 0 Å². The molecule has 1 saturated carbocycles. The number of esters is 1. The Balaban J connectivity index is 2.75. The molecule has 17 heavy (non-hydrogen) atoms. The molecule has 98 valence electrons. The van der Waals surface area contributed by atoms with Crippen LogP contribution in [0.25, 0.3) is 0 Å². The van der Waals surface area contributed by atoms with Crippen LogP contribution < -0.4 is 0 Å². The van der Waals surface area contributed by atoms with Gasteiger partial charge in [0, 0.05) is 0 Å². The van der Waals surface area contributed by atoms with Gasteiger partial charge >= 0.3 is 11.9 Å². The Morgan fingerprint density at radius 3 is 2.06 bits per heavy atom. The predicted octanol–water partition coefficient (Wildman–Crippen LogP) is 2.61. The van der Waals surface area contributed by atoms with Gasteiger partial charge in [0.15, 0.2) is 0 Å². The second-order valence-electron chi connectivity index (χ2n) is 5.72. The zero-order chi connectivity index (χ0) is 13.1. The maximum Gasteiger partial charge on any atom is 0.310 e. The van der Waals surface area contributed by atoms with Gasteiger partial charge in [0.2, 0.25) is 0 Å². The van der Waals surface area contributed by atoms with Crippen molar-refractivity contribution in [3.05, 3.63) is 0 Å². The number of hydrogen-bond donors (Lipinski definition) is 1. The minimum Gasteiger partial charge on any atom is -0.481 e. The molecule has 0 heterocycles. The largest absolute Gasteiger partial charge is 0.481 e. The molecule has 4 nitrogen and oxygen atoms in total. The zero-order valence-electron chi connectivity index (χ0n) is 10.9. The molecular weight excluding hydrogens is 220 g/mol. The molecule has 0 bridgehead atoms. The normalized spacial score (nSPS) is 26.1. The van der Waals surface area contributed by atoms with Gasteiger partial charge in [-0.1, -0.05) is 19.3 Å². The summed E-state index contributed by atoms with van der Waals surface area (Å²) < 4.78 is 5.31. The van der Waals surface area contributed by atoms with Crippen molar-refractivity contribution in [2.75, 3.05) is 0 Å². The molecule has 1 aliphatic carbocycles. The van der Waals surface area contributed by atoms with Crippen LogP contribution in [0.3, 0.4) is 0 Å². The number of aliphatic carboxylic acids is 1. The third kappa shape index (κ3) is 4.36. The third-order valence-corrected chi connectivity index (χ3v) is 3.04. The van der Waals surface area contributed by atoms with E-state index in [4.69, 9.17) is 4.74 Å². The van der Waals surface area contributed by atoms with Crippen LogP contribution >= 0.6 is 0 Å². The summed E-state index contributed by atoms with van der Waals surface area (Å²) in [6.07, 6.45) is 4.01. The topological polar surface area (TPSA) is 63.6 Å². The number of rotatable bonds is 2. The first kappa shape index (κ1) is 14.0. The highest BCUT2D eigenvalue weighted by Gasteiger charge is 2.37. The molecule has 0 aromatic carbocycles. The van der Waals surface area contributed by atoms with E-state index in [2.05, 4.69) is 0 Å². The summed E-state index contributed by atoms with van der Waals surface area (Å²) in [5.74, 6) is -2.28. The van der Waals surface area contributed by atoms with Crippen molar-refractivity contribution < 1.29 is 19.4 Å². The lowest BCUT2D eigenvalue weighted by molar-refractivity contribution is -0.166. The van der Waals surface area contributed by atoms with Crippen molar-refractivity contribution in [3.8, 4) is 0 Å². The van der Waals surface area contributed by atoms with Crippen LogP contribution in [0.1, 0.15) is 52.9 Å². The van der Waals surface area contributed by atoms with Crippen LogP contribution in [0.15, 0.2) is 0 Å². The third-order valence-electron chi connectivity index (χ3n) is 3.04. The molecule has 1 rings (SSSR count). The molecule has 1 N–H and O–H groups in total. The molecule has 4 heteroatoms. The lowest BCUT2D eigenvalue weighted by atomic mass is 9.88. The summed E-state index contributed by atoms with van der Waals surface area (Å²) in [7, 11) is 0. The molecule has 0 aromatic rings. The fourth-order valence-electron chi connectivity index (χ4n) is 2.26. The lowest BCUT2D eigenvalue weighted by Gasteiger charge is -2.26. The number of ether oxygens (including phenoxy) is 1. The van der Waals surface area contributed by atoms with Crippen molar-refractivity contribution in [1.82, 2.24) is 0 Å². The van der Waals surface area contributed by atoms with E-state index in [-0.39, 0.29) is 5.97 Å². The Hall–Kier alpha value is -1.06. The van der Waals surface area contributed by atoms with Gasteiger partial charge in [-0.15, -0.1) is 0 Å². The second kappa shape index (κ2) is 5.52. The Morgan fingerprint density at radius 2 is 1.59 bits per heavy atom. The van der Waals surface area contributed by atoms with Gasteiger partial charge in [0.25, 0.3) is 0 Å². The van der Waals surface area contributed by atoms with Crippen molar-refractivity contribution >= 4 is 11.9 Å². The first-order valence-corrected chi connectivity index (χ1v) is 6.27. The monoisotopic (exact) mass is 242 g/mol. The number of carboxylic acid groups (broad SMARTS) is 1. The summed E-state index contributed by atoms with van der Waals surface area (Å²) in [6.45, 7) is 5.41. The molecule has 1 fully saturated rings. The van der Waals surface area contributed by atoms with Crippen LogP contribution in [0.5, 0.6) is 0 Å². The standard InChI is InChI=1S/C13H22O4/c1-13(2,3)17-12(16)10-8-6-4-5-7-9(10)11(14)15/h9-10H,4-8H2,1-3H3,(H,14,15). The van der Waals surface area contributed by atoms with Crippen LogP contribution in [-0.4, -0.2) is 22.6 Å². The van der Waals surface area contributed by atoms with E-state index in [0.29, 0.717) is 12.8 Å². The maximum absolute atomic E-state index is 12.0. The number of carbonyl (C=O) groups excluding carboxylic acids is 1. The smallest absolute Gasteiger partial charge is 0.310 e. The van der Waals surface area contributed by atoms with Gasteiger partial charge in [0.1, 0.15) is 5.60 Å². The quantitative estimate of drug-likeness (QED) is 0.597. The van der Waals surface area contributed by atoms with Crippen LogP contribution in [0.2, 0.25) is 0 Å². The lowest BCUT2D eigenvalue weighted by Crippen LogP contribution is -2.35. The predicted molar refractivity (Wildman–Crippen MR) is 63.5 cm³/mol. The fraction of sp³-hybridized carbons (Fsp3) is 0.846. The highest BCUT2D eigenvalue weighted by atomic mass is 16.6. The van der Waals surface area contributed by atoms with Crippen molar-refractivity contribution in [2.24, 2.45) is 11.8 Å². The highest BCUT2D eigenvalue weighted by Crippen LogP contribution is 2.31. The van der Waals surface area contributed by atoms with Crippen molar-refractivity contribution in [1.29, 1.82) is 0 Å². The average molecular weight is 242 g/mol. The first-order chi connectivity index (χ1) is 7.81. The van der Waals surface area contributed by atoms with Gasteiger partial charge in [-0.25, -0.2) is 0 Å². The Morgan fingerprint density at radius 1 is 1.06 bits per heavy atom. The number of carboxylic acids is 1. The summed E-state index contributed by atoms with van der Waals surface area (Å²) in [6, 6.07) is 0. The molecule has 1 aliphatic rings. The van der Waals surface area contributed by atoms with E-state index < -0.39 is 23.4 Å². The zero-order valence-corrected chi connectivity index (χ0v) is 10.9. The van der Waals surface area contributed by atoms with Crippen LogP contribution in [-0.2, 0) is 14.3 Å². The summed E-state index contributed by atoms with van der Waals surface area (Å²) in [4.78, 5) is 23.2. The molecule has 0 aliphatic heterocycles. The van der Waals surface area contributed by atoms with Gasteiger partial charge in [-0.3, -0.25) is 9.59 Å². The van der Waals surface area contributed by atoms with E-state index in [1.54, 1.807) is 20.8 Å². The Bertz CT molecular complexity index is 290. The number of carbonyl (C=O) groups is 2. The summed E-state index contributed by atoms with van der Waals surface area (Å²) >= 11 is 0. The Labute approximate surface area is 102 Å². The van der Waals surface area contributed by atoms with E-state index in [1.165, 1.54) is 0 Å². The molecule has 0 radical (unpaired) electrons. The SMILES string of the molecule is CC(C)(C)OC(=O)C1CCCCCC1C(=O)O. The summed E-state index contributed by atoms with van der Waals surface area (Å²) in [5, 5.41) is 9.17. The second-order valence-corrected chi connectivity index (χ2v) is 5.72. The van der Waals surface area contributed by atoms with E-state index in [0.717, 1.165) is 19.3 Å². The molecule has 0 spiro atoms. The summed E-state index contributed by atoms with van der Waals surface area (Å²) in [5.41, 5.74) is -0.549. The van der Waals surface area contributed by atoms with Gasteiger partial charge in [-0.2, -0.15) is 0 Å². The highest BCUT2D eigenvalue weighted by molar-refractivity contribution is 5.81. The molecule has 0 amide bonds. The van der Waals surface area contributed by atoms with Gasteiger partial charge in [0.05, 0.1) is 11.8 Å². The molecular formula is C13H22O4. The molecule has 0 aromatic heterocycles. The first-order valence-electron chi connectivity index (χ1n) is 6.27. The minimum absolute atomic E-state index is 0.355. The number of hydrogen-bond acceptors (Lipinski definition) is 3. The molecule has 2 atom stereocenters. The van der Waals surface area contributed by atoms with E-state index in [1.807, 2.05) is 0 Å². The van der Waals surface area contributed by atoms with E-state index in [9.17, 15) is 14.7 Å². The fourth-order valence-corrected chi connectivity index (χ4v) is 2.26. The Kier molecular flexibility index (Phi) is 4.54. The van der Waals surface area contributed by atoms with Gasteiger partial charge < -0.3 is 9.84 Å². The van der Waals surface area contributed by atoms with E-state index >= 15 is 0 Å².